The van der Waals surface area contributed by atoms with E-state index in [1.807, 2.05) is 0 Å². The summed E-state index contributed by atoms with van der Waals surface area (Å²) in [5.74, 6) is -1.83. The van der Waals surface area contributed by atoms with Gasteiger partial charge in [-0.25, -0.2) is 0 Å². The predicted molar refractivity (Wildman–Crippen MR) is 64.6 cm³/mol. The van der Waals surface area contributed by atoms with Gasteiger partial charge in [-0.1, -0.05) is 12.8 Å². The van der Waals surface area contributed by atoms with Gasteiger partial charge in [0.2, 0.25) is 5.91 Å². The van der Waals surface area contributed by atoms with Crippen molar-refractivity contribution in [3.63, 3.8) is 0 Å². The average Bonchev–Trinajstić information content (AvgIpc) is 2.36. The first-order chi connectivity index (χ1) is 8.41. The van der Waals surface area contributed by atoms with E-state index in [0.717, 1.165) is 12.8 Å². The van der Waals surface area contributed by atoms with Crippen molar-refractivity contribution >= 4 is 11.9 Å². The quantitative estimate of drug-likeness (QED) is 0.403. The van der Waals surface area contributed by atoms with Crippen LogP contribution in [0, 0.1) is 5.92 Å². The molecular formula is C11H21N3O4. The first-order valence-corrected chi connectivity index (χ1v) is 6.08. The van der Waals surface area contributed by atoms with Crippen LogP contribution in [0.4, 0.5) is 0 Å². The maximum atomic E-state index is 11.4. The minimum atomic E-state index is -1.28. The van der Waals surface area contributed by atoms with Gasteiger partial charge in [0, 0.05) is 12.5 Å². The highest BCUT2D eigenvalue weighted by atomic mass is 16.4. The summed E-state index contributed by atoms with van der Waals surface area (Å²) in [5, 5.41) is 20.5. The van der Waals surface area contributed by atoms with E-state index in [0.29, 0.717) is 12.8 Å². The number of hydrogen-bond acceptors (Lipinski definition) is 5. The first kappa shape index (κ1) is 14.9. The zero-order valence-electron chi connectivity index (χ0n) is 10.3. The maximum Gasteiger partial charge on any atom is 0.324 e. The molecule has 104 valence electrons. The fourth-order valence-corrected chi connectivity index (χ4v) is 2.27. The molecule has 0 saturated heterocycles. The van der Waals surface area contributed by atoms with Crippen LogP contribution in [-0.4, -0.2) is 46.8 Å². The normalized spacial score (nSPS) is 29.6. The summed E-state index contributed by atoms with van der Waals surface area (Å²) in [6, 6.07) is -0.981. The number of carbonyl (C=O) groups is 2. The molecule has 7 heteroatoms. The Morgan fingerprint density at radius 1 is 1.44 bits per heavy atom. The number of aliphatic carboxylic acids is 1. The van der Waals surface area contributed by atoms with Crippen molar-refractivity contribution in [1.82, 2.24) is 5.32 Å². The van der Waals surface area contributed by atoms with Crippen molar-refractivity contribution in [2.24, 2.45) is 17.4 Å². The van der Waals surface area contributed by atoms with Crippen molar-refractivity contribution in [2.75, 3.05) is 13.2 Å². The Bertz CT molecular complexity index is 323. The first-order valence-electron chi connectivity index (χ1n) is 6.08. The SMILES string of the molecule is N[C@@H](CO)C(=O)NC[C@@H]1CCCC[C@]1(N)C(=O)O. The topological polar surface area (TPSA) is 139 Å². The number of nitrogens with two attached hydrogens (primary N) is 2. The number of carboxylic acid groups (broad SMARTS) is 1. The van der Waals surface area contributed by atoms with E-state index in [9.17, 15) is 14.7 Å². The second kappa shape index (κ2) is 6.12. The molecule has 1 saturated carbocycles. The molecule has 1 fully saturated rings. The molecule has 0 heterocycles. The standard InChI is InChI=1S/C11H21N3O4/c12-8(6-15)9(16)14-5-7-3-1-2-4-11(7,13)10(17)18/h7-8,15H,1-6,12-13H2,(H,14,16)(H,17,18)/t7-,8-,11+/m0/s1. The summed E-state index contributed by atoms with van der Waals surface area (Å²) in [6.07, 6.45) is 2.76. The molecule has 1 aliphatic rings. The molecule has 0 spiro atoms. The smallest absolute Gasteiger partial charge is 0.324 e. The largest absolute Gasteiger partial charge is 0.480 e. The Hall–Kier alpha value is -1.18. The lowest BCUT2D eigenvalue weighted by atomic mass is 9.73. The van der Waals surface area contributed by atoms with Gasteiger partial charge in [0.05, 0.1) is 6.61 Å². The van der Waals surface area contributed by atoms with E-state index in [1.54, 1.807) is 0 Å². The van der Waals surface area contributed by atoms with Crippen LogP contribution in [0.15, 0.2) is 0 Å². The summed E-state index contributed by atoms with van der Waals surface area (Å²) >= 11 is 0. The molecule has 1 amide bonds. The Balaban J connectivity index is 2.58. The molecule has 3 atom stereocenters. The van der Waals surface area contributed by atoms with Gasteiger partial charge in [-0.2, -0.15) is 0 Å². The fourth-order valence-electron chi connectivity index (χ4n) is 2.27. The molecule has 0 aromatic heterocycles. The molecule has 0 aromatic rings. The summed E-state index contributed by atoms with van der Waals surface area (Å²) < 4.78 is 0. The van der Waals surface area contributed by atoms with E-state index < -0.39 is 30.1 Å². The second-order valence-corrected chi connectivity index (χ2v) is 4.82. The van der Waals surface area contributed by atoms with E-state index in [4.69, 9.17) is 16.6 Å². The van der Waals surface area contributed by atoms with Crippen LogP contribution in [0.1, 0.15) is 25.7 Å². The molecule has 7 nitrogen and oxygen atoms in total. The van der Waals surface area contributed by atoms with Crippen LogP contribution in [-0.2, 0) is 9.59 Å². The van der Waals surface area contributed by atoms with Crippen molar-refractivity contribution in [3.8, 4) is 0 Å². The molecule has 0 bridgehead atoms. The van der Waals surface area contributed by atoms with E-state index in [1.165, 1.54) is 0 Å². The zero-order chi connectivity index (χ0) is 13.8. The number of nitrogens with one attached hydrogen (secondary N) is 1. The zero-order valence-corrected chi connectivity index (χ0v) is 10.3. The summed E-state index contributed by atoms with van der Waals surface area (Å²) in [5.41, 5.74) is 9.98. The third-order valence-electron chi connectivity index (χ3n) is 3.58. The lowest BCUT2D eigenvalue weighted by Gasteiger charge is -2.37. The van der Waals surface area contributed by atoms with Crippen molar-refractivity contribution < 1.29 is 19.8 Å². The van der Waals surface area contributed by atoms with Gasteiger partial charge in [0.1, 0.15) is 11.6 Å². The molecular weight excluding hydrogens is 238 g/mol. The third-order valence-corrected chi connectivity index (χ3v) is 3.58. The minimum Gasteiger partial charge on any atom is -0.480 e. The van der Waals surface area contributed by atoms with Gasteiger partial charge in [0.25, 0.3) is 0 Å². The van der Waals surface area contributed by atoms with Crippen LogP contribution in [0.5, 0.6) is 0 Å². The minimum absolute atomic E-state index is 0.176. The second-order valence-electron chi connectivity index (χ2n) is 4.82. The van der Waals surface area contributed by atoms with E-state index in [-0.39, 0.29) is 12.5 Å². The van der Waals surface area contributed by atoms with Crippen LogP contribution in [0.2, 0.25) is 0 Å². The molecule has 1 aliphatic carbocycles. The maximum absolute atomic E-state index is 11.4. The van der Waals surface area contributed by atoms with Gasteiger partial charge in [-0.05, 0) is 12.8 Å². The van der Waals surface area contributed by atoms with Crippen molar-refractivity contribution in [2.45, 2.75) is 37.3 Å². The fraction of sp³-hybridized carbons (Fsp3) is 0.818. The molecule has 7 N–H and O–H groups in total. The number of aliphatic hydroxyl groups excluding tert-OH is 1. The van der Waals surface area contributed by atoms with Crippen LogP contribution in [0.25, 0.3) is 0 Å². The number of carboxylic acids is 1. The number of amides is 1. The average molecular weight is 259 g/mol. The Kier molecular flexibility index (Phi) is 5.06. The van der Waals surface area contributed by atoms with Gasteiger partial charge in [-0.3, -0.25) is 9.59 Å². The highest BCUT2D eigenvalue weighted by molar-refractivity contribution is 5.82. The Morgan fingerprint density at radius 2 is 2.11 bits per heavy atom. The molecule has 18 heavy (non-hydrogen) atoms. The van der Waals surface area contributed by atoms with Gasteiger partial charge >= 0.3 is 5.97 Å². The third kappa shape index (κ3) is 3.18. The summed E-state index contributed by atoms with van der Waals surface area (Å²) in [6.45, 7) is -0.265. The highest BCUT2D eigenvalue weighted by Gasteiger charge is 2.43. The predicted octanol–water partition coefficient (Wildman–Crippen LogP) is -1.61. The van der Waals surface area contributed by atoms with E-state index >= 15 is 0 Å². The lowest BCUT2D eigenvalue weighted by Crippen LogP contribution is -2.59. The van der Waals surface area contributed by atoms with Gasteiger partial charge < -0.3 is 27.0 Å². The summed E-state index contributed by atoms with van der Waals surface area (Å²) in [7, 11) is 0. The molecule has 0 aromatic carbocycles. The van der Waals surface area contributed by atoms with Crippen LogP contribution in [0.3, 0.4) is 0 Å². The number of aliphatic hydroxyl groups is 1. The molecule has 0 aliphatic heterocycles. The van der Waals surface area contributed by atoms with E-state index in [2.05, 4.69) is 5.32 Å². The number of hydrogen-bond donors (Lipinski definition) is 5. The van der Waals surface area contributed by atoms with Crippen molar-refractivity contribution in [1.29, 1.82) is 0 Å². The molecule has 0 unspecified atom stereocenters. The van der Waals surface area contributed by atoms with Gasteiger partial charge in [-0.15, -0.1) is 0 Å². The van der Waals surface area contributed by atoms with Gasteiger partial charge in [0.15, 0.2) is 0 Å². The van der Waals surface area contributed by atoms with Crippen molar-refractivity contribution in [3.05, 3.63) is 0 Å². The summed E-state index contributed by atoms with van der Waals surface area (Å²) in [4.78, 5) is 22.6. The Labute approximate surface area is 106 Å². The van der Waals surface area contributed by atoms with Crippen LogP contribution < -0.4 is 16.8 Å². The molecule has 0 radical (unpaired) electrons. The highest BCUT2D eigenvalue weighted by Crippen LogP contribution is 2.31. The lowest BCUT2D eigenvalue weighted by molar-refractivity contribution is -0.147. The van der Waals surface area contributed by atoms with Crippen LogP contribution >= 0.6 is 0 Å². The number of carbonyl (C=O) groups excluding carboxylic acids is 1. The molecule has 1 rings (SSSR count). The number of rotatable bonds is 5. The Morgan fingerprint density at radius 3 is 2.67 bits per heavy atom. The monoisotopic (exact) mass is 259 g/mol.